The van der Waals surface area contributed by atoms with Crippen LogP contribution in [0.5, 0.6) is 0 Å². The topological polar surface area (TPSA) is 68.0 Å². The van der Waals surface area contributed by atoms with Gasteiger partial charge in [0.25, 0.3) is 5.91 Å². The molecule has 0 saturated heterocycles. The van der Waals surface area contributed by atoms with Gasteiger partial charge in [-0.25, -0.2) is 4.98 Å². The largest absolute Gasteiger partial charge is 0.384 e. The maximum absolute atomic E-state index is 12.3. The SMILES string of the molecule is CCc1cc(C(=O)NC(C2CC2)C2CC2)cc(N)n1. The second kappa shape index (κ2) is 4.83. The zero-order valence-electron chi connectivity index (χ0n) is 11.4. The average Bonchev–Trinajstić information content (AvgIpc) is 3.28. The lowest BCUT2D eigenvalue weighted by molar-refractivity contribution is 0.0926. The number of hydrogen-bond acceptors (Lipinski definition) is 3. The Labute approximate surface area is 113 Å². The van der Waals surface area contributed by atoms with Crippen molar-refractivity contribution in [3.8, 4) is 0 Å². The summed E-state index contributed by atoms with van der Waals surface area (Å²) >= 11 is 0. The third kappa shape index (κ3) is 2.88. The molecule has 0 aromatic carbocycles. The third-order valence-corrected chi connectivity index (χ3v) is 4.08. The van der Waals surface area contributed by atoms with E-state index < -0.39 is 0 Å². The molecule has 0 aliphatic heterocycles. The Morgan fingerprint density at radius 3 is 2.53 bits per heavy atom. The van der Waals surface area contributed by atoms with Crippen LogP contribution in [-0.4, -0.2) is 16.9 Å². The smallest absolute Gasteiger partial charge is 0.251 e. The number of nitrogens with two attached hydrogens (primary N) is 1. The van der Waals surface area contributed by atoms with Gasteiger partial charge < -0.3 is 11.1 Å². The molecule has 1 heterocycles. The maximum Gasteiger partial charge on any atom is 0.251 e. The minimum Gasteiger partial charge on any atom is -0.384 e. The van der Waals surface area contributed by atoms with Gasteiger partial charge >= 0.3 is 0 Å². The zero-order chi connectivity index (χ0) is 13.4. The van der Waals surface area contributed by atoms with Crippen LogP contribution in [0.3, 0.4) is 0 Å². The lowest BCUT2D eigenvalue weighted by Crippen LogP contribution is -2.38. The van der Waals surface area contributed by atoms with Crippen LogP contribution in [0.2, 0.25) is 0 Å². The molecule has 2 fully saturated rings. The van der Waals surface area contributed by atoms with Crippen LogP contribution in [-0.2, 0) is 6.42 Å². The molecule has 0 atom stereocenters. The Balaban J connectivity index is 1.73. The number of aryl methyl sites for hydroxylation is 1. The highest BCUT2D eigenvalue weighted by molar-refractivity contribution is 5.95. The summed E-state index contributed by atoms with van der Waals surface area (Å²) in [6, 6.07) is 3.90. The van der Waals surface area contributed by atoms with Gasteiger partial charge in [-0.1, -0.05) is 6.92 Å². The number of nitrogens with zero attached hydrogens (tertiary/aromatic N) is 1. The van der Waals surface area contributed by atoms with Crippen molar-refractivity contribution in [1.29, 1.82) is 0 Å². The van der Waals surface area contributed by atoms with E-state index in [1.54, 1.807) is 6.07 Å². The van der Waals surface area contributed by atoms with Crippen LogP contribution >= 0.6 is 0 Å². The molecule has 4 heteroatoms. The Bertz CT molecular complexity index is 480. The molecule has 2 saturated carbocycles. The van der Waals surface area contributed by atoms with Crippen molar-refractivity contribution >= 4 is 11.7 Å². The van der Waals surface area contributed by atoms with E-state index in [1.165, 1.54) is 25.7 Å². The normalized spacial score (nSPS) is 18.6. The first-order valence-corrected chi connectivity index (χ1v) is 7.24. The maximum atomic E-state index is 12.3. The average molecular weight is 259 g/mol. The van der Waals surface area contributed by atoms with Crippen molar-refractivity contribution in [2.45, 2.75) is 45.1 Å². The number of anilines is 1. The summed E-state index contributed by atoms with van der Waals surface area (Å²) in [5.74, 6) is 1.86. The van der Waals surface area contributed by atoms with Gasteiger partial charge in [-0.05, 0) is 56.1 Å². The summed E-state index contributed by atoms with van der Waals surface area (Å²) in [6.07, 6.45) is 5.85. The van der Waals surface area contributed by atoms with E-state index in [9.17, 15) is 4.79 Å². The van der Waals surface area contributed by atoms with Crippen LogP contribution < -0.4 is 11.1 Å². The second-order valence-corrected chi connectivity index (χ2v) is 5.80. The highest BCUT2D eigenvalue weighted by Crippen LogP contribution is 2.44. The first-order chi connectivity index (χ1) is 9.17. The molecular weight excluding hydrogens is 238 g/mol. The molecule has 0 unspecified atom stereocenters. The van der Waals surface area contributed by atoms with Crippen molar-refractivity contribution < 1.29 is 4.79 Å². The quantitative estimate of drug-likeness (QED) is 0.851. The van der Waals surface area contributed by atoms with Gasteiger partial charge in [0.2, 0.25) is 0 Å². The van der Waals surface area contributed by atoms with Crippen molar-refractivity contribution in [2.24, 2.45) is 11.8 Å². The Hall–Kier alpha value is -1.58. The molecule has 1 aromatic rings. The van der Waals surface area contributed by atoms with Crippen LogP contribution in [0.4, 0.5) is 5.82 Å². The van der Waals surface area contributed by atoms with Crippen molar-refractivity contribution in [3.63, 3.8) is 0 Å². The summed E-state index contributed by atoms with van der Waals surface area (Å²) in [5, 5.41) is 3.21. The fraction of sp³-hybridized carbons (Fsp3) is 0.600. The van der Waals surface area contributed by atoms with Gasteiger partial charge in [-0.2, -0.15) is 0 Å². The number of nitrogens with one attached hydrogen (secondary N) is 1. The lowest BCUT2D eigenvalue weighted by atomic mass is 10.1. The molecule has 19 heavy (non-hydrogen) atoms. The van der Waals surface area contributed by atoms with Crippen LogP contribution in [0.25, 0.3) is 0 Å². The van der Waals surface area contributed by atoms with E-state index in [0.29, 0.717) is 29.3 Å². The molecule has 0 radical (unpaired) electrons. The number of nitrogen functional groups attached to an aromatic ring is 1. The number of hydrogen-bond donors (Lipinski definition) is 2. The van der Waals surface area contributed by atoms with E-state index in [0.717, 1.165) is 12.1 Å². The molecule has 1 aromatic heterocycles. The first-order valence-electron chi connectivity index (χ1n) is 7.24. The van der Waals surface area contributed by atoms with Crippen molar-refractivity contribution in [3.05, 3.63) is 23.4 Å². The van der Waals surface area contributed by atoms with Gasteiger partial charge in [0.1, 0.15) is 5.82 Å². The van der Waals surface area contributed by atoms with Gasteiger partial charge in [0.05, 0.1) is 0 Å². The van der Waals surface area contributed by atoms with Crippen LogP contribution in [0.1, 0.15) is 48.7 Å². The number of amides is 1. The van der Waals surface area contributed by atoms with Gasteiger partial charge in [0.15, 0.2) is 0 Å². The van der Waals surface area contributed by atoms with Crippen LogP contribution in [0.15, 0.2) is 12.1 Å². The molecule has 2 aliphatic carbocycles. The third-order valence-electron chi connectivity index (χ3n) is 4.08. The van der Waals surface area contributed by atoms with Crippen LogP contribution in [0, 0.1) is 11.8 Å². The van der Waals surface area contributed by atoms with Crippen molar-refractivity contribution in [1.82, 2.24) is 10.3 Å². The number of aromatic nitrogens is 1. The van der Waals surface area contributed by atoms with Gasteiger partial charge in [-0.15, -0.1) is 0 Å². The number of carbonyl (C=O) groups is 1. The highest BCUT2D eigenvalue weighted by atomic mass is 16.1. The summed E-state index contributed by atoms with van der Waals surface area (Å²) in [6.45, 7) is 2.01. The predicted octanol–water partition coefficient (Wildman–Crippen LogP) is 2.14. The minimum absolute atomic E-state index is 0.00704. The standard InChI is InChI=1S/C15H21N3O/c1-2-12-7-11(8-13(16)17-12)15(19)18-14(9-3-4-9)10-5-6-10/h7-10,14H,2-6H2,1H3,(H2,16,17)(H,18,19). The molecule has 1 amide bonds. The second-order valence-electron chi connectivity index (χ2n) is 5.80. The molecule has 102 valence electrons. The van der Waals surface area contributed by atoms with E-state index >= 15 is 0 Å². The van der Waals surface area contributed by atoms with E-state index in [2.05, 4.69) is 10.3 Å². The molecular formula is C15H21N3O. The summed E-state index contributed by atoms with van der Waals surface area (Å²) in [7, 11) is 0. The first kappa shape index (κ1) is 12.5. The van der Waals surface area contributed by atoms with E-state index in [-0.39, 0.29) is 5.91 Å². The lowest BCUT2D eigenvalue weighted by Gasteiger charge is -2.18. The van der Waals surface area contributed by atoms with Gasteiger partial charge in [0, 0.05) is 17.3 Å². The summed E-state index contributed by atoms with van der Waals surface area (Å²) in [4.78, 5) is 16.6. The molecule has 4 nitrogen and oxygen atoms in total. The Morgan fingerprint density at radius 1 is 1.37 bits per heavy atom. The molecule has 2 aliphatic rings. The molecule has 0 spiro atoms. The Morgan fingerprint density at radius 2 is 2.00 bits per heavy atom. The fourth-order valence-electron chi connectivity index (χ4n) is 2.69. The molecule has 0 bridgehead atoms. The number of pyridine rings is 1. The summed E-state index contributed by atoms with van der Waals surface area (Å²) in [5.41, 5.74) is 7.28. The Kier molecular flexibility index (Phi) is 3.17. The van der Waals surface area contributed by atoms with E-state index in [4.69, 9.17) is 5.73 Å². The predicted molar refractivity (Wildman–Crippen MR) is 74.7 cm³/mol. The number of rotatable bonds is 5. The zero-order valence-corrected chi connectivity index (χ0v) is 11.4. The minimum atomic E-state index is 0.00704. The molecule has 3 N–H and O–H groups in total. The highest BCUT2D eigenvalue weighted by Gasteiger charge is 2.42. The van der Waals surface area contributed by atoms with Crippen molar-refractivity contribution in [2.75, 3.05) is 5.73 Å². The fourth-order valence-corrected chi connectivity index (χ4v) is 2.69. The number of carbonyl (C=O) groups excluding carboxylic acids is 1. The molecule has 3 rings (SSSR count). The summed E-state index contributed by atoms with van der Waals surface area (Å²) < 4.78 is 0. The monoisotopic (exact) mass is 259 g/mol. The van der Waals surface area contributed by atoms with E-state index in [1.807, 2.05) is 13.0 Å². The van der Waals surface area contributed by atoms with Gasteiger partial charge in [-0.3, -0.25) is 4.79 Å².